The minimum absolute atomic E-state index is 0.00670. The molecule has 0 rings (SSSR count). The topological polar surface area (TPSA) is 220 Å². The van der Waals surface area contributed by atoms with Crippen LogP contribution in [-0.2, 0) is 33.4 Å². The summed E-state index contributed by atoms with van der Waals surface area (Å²) in [5.74, 6) is 1.19. The number of carbonyl (C=O) groups excluding carboxylic acids is 3. The van der Waals surface area contributed by atoms with Gasteiger partial charge in [-0.2, -0.15) is 5.43 Å². The molecular formula is C26H50N5O9+. The molecule has 0 fully saturated rings. The van der Waals surface area contributed by atoms with Crippen molar-refractivity contribution in [1.82, 2.24) is 21.4 Å². The molecule has 0 aromatic rings. The van der Waals surface area contributed by atoms with Crippen LogP contribution < -0.4 is 27.2 Å². The Labute approximate surface area is 236 Å². The van der Waals surface area contributed by atoms with E-state index in [1.54, 1.807) is 0 Å². The standard InChI is InChI=1S/C26H49N5O9/c27-31-21(26(37)38)9-7-8-14-28-23(33)12-13-24(34)30-16-18-40-20-19-39-17-15-29-22(32)10-5-3-1-2-4-6-11-25(35)36/h21,31H,1-20,27H2,(H,28,33)(H,29,32)(H,30,34)(H,35,36)(H,37,38)/p+1/t21-/m0/s1. The Morgan fingerprint density at radius 1 is 0.575 bits per heavy atom. The fourth-order valence-electron chi connectivity index (χ4n) is 3.62. The van der Waals surface area contributed by atoms with Crippen molar-refractivity contribution in [3.8, 4) is 0 Å². The molecule has 0 aromatic heterocycles. The number of carboxylic acid groups (broad SMARTS) is 2. The van der Waals surface area contributed by atoms with E-state index in [0.717, 1.165) is 32.1 Å². The lowest BCUT2D eigenvalue weighted by atomic mass is 10.1. The number of quaternary nitrogens is 1. The van der Waals surface area contributed by atoms with Gasteiger partial charge in [0.05, 0.1) is 26.4 Å². The summed E-state index contributed by atoms with van der Waals surface area (Å²) in [5, 5.41) is 25.7. The molecule has 14 heteroatoms. The largest absolute Gasteiger partial charge is 0.481 e. The van der Waals surface area contributed by atoms with Gasteiger partial charge in [-0.3, -0.25) is 29.8 Å². The molecule has 0 radical (unpaired) electrons. The van der Waals surface area contributed by atoms with Crippen LogP contribution in [0.3, 0.4) is 0 Å². The quantitative estimate of drug-likeness (QED) is 0.0477. The number of ether oxygens (including phenoxy) is 2. The molecule has 0 saturated heterocycles. The van der Waals surface area contributed by atoms with Gasteiger partial charge in [-0.05, 0) is 32.1 Å². The van der Waals surface area contributed by atoms with Crippen molar-refractivity contribution in [3.63, 3.8) is 0 Å². The smallest absolute Gasteiger partial charge is 0.326 e. The van der Waals surface area contributed by atoms with E-state index in [4.69, 9.17) is 19.7 Å². The first-order chi connectivity index (χ1) is 19.3. The Hall–Kier alpha value is -2.81. The summed E-state index contributed by atoms with van der Waals surface area (Å²) in [6, 6.07) is -0.696. The van der Waals surface area contributed by atoms with Crippen LogP contribution in [0.25, 0.3) is 0 Å². The van der Waals surface area contributed by atoms with Gasteiger partial charge in [-0.1, -0.05) is 25.7 Å². The molecule has 0 heterocycles. The zero-order chi connectivity index (χ0) is 29.8. The van der Waals surface area contributed by atoms with Crippen molar-refractivity contribution >= 4 is 29.7 Å². The molecule has 3 amide bonds. The van der Waals surface area contributed by atoms with Crippen molar-refractivity contribution in [2.24, 2.45) is 0 Å². The first-order valence-electron chi connectivity index (χ1n) is 14.2. The Kier molecular flexibility index (Phi) is 24.6. The monoisotopic (exact) mass is 576 g/mol. The number of amides is 3. The molecule has 0 saturated carbocycles. The summed E-state index contributed by atoms with van der Waals surface area (Å²) < 4.78 is 10.8. The van der Waals surface area contributed by atoms with Gasteiger partial charge in [0, 0.05) is 45.3 Å². The molecule has 0 aliphatic heterocycles. The maximum atomic E-state index is 11.8. The fraction of sp³-hybridized carbons (Fsp3) is 0.808. The van der Waals surface area contributed by atoms with Gasteiger partial charge in [0.15, 0.2) is 6.04 Å². The average Bonchev–Trinajstić information content (AvgIpc) is 2.91. The van der Waals surface area contributed by atoms with Gasteiger partial charge < -0.3 is 35.6 Å². The number of hydrogen-bond donors (Lipinski definition) is 7. The highest BCUT2D eigenvalue weighted by molar-refractivity contribution is 5.83. The Morgan fingerprint density at radius 2 is 1.05 bits per heavy atom. The lowest BCUT2D eigenvalue weighted by Crippen LogP contribution is -2.70. The zero-order valence-electron chi connectivity index (χ0n) is 23.7. The first kappa shape index (κ1) is 37.2. The molecule has 0 bridgehead atoms. The van der Waals surface area contributed by atoms with E-state index in [1.807, 2.05) is 0 Å². The number of carboxylic acids is 2. The maximum absolute atomic E-state index is 11.8. The van der Waals surface area contributed by atoms with Gasteiger partial charge >= 0.3 is 11.9 Å². The molecule has 14 nitrogen and oxygen atoms in total. The summed E-state index contributed by atoms with van der Waals surface area (Å²) >= 11 is 0. The second-order valence-corrected chi connectivity index (χ2v) is 9.38. The summed E-state index contributed by atoms with van der Waals surface area (Å²) in [6.07, 6.45) is 7.92. The number of nitrogens with one attached hydrogen (secondary N) is 4. The minimum atomic E-state index is -0.954. The van der Waals surface area contributed by atoms with Crippen LogP contribution in [0.2, 0.25) is 0 Å². The number of rotatable bonds is 28. The van der Waals surface area contributed by atoms with Crippen LogP contribution in [0, 0.1) is 0 Å². The normalized spacial score (nSPS) is 11.5. The van der Waals surface area contributed by atoms with E-state index in [2.05, 4.69) is 27.2 Å². The van der Waals surface area contributed by atoms with Crippen LogP contribution in [0.1, 0.15) is 83.5 Å². The SMILES string of the molecule is [NH3+]N[C@@H](CCCCNC(=O)CCC(=O)NCCOCCOCCNC(=O)CCCCCCCCC(=O)O)C(=O)O. The molecule has 0 unspecified atom stereocenters. The third kappa shape index (κ3) is 25.5. The molecule has 232 valence electrons. The zero-order valence-corrected chi connectivity index (χ0v) is 23.7. The summed E-state index contributed by atoms with van der Waals surface area (Å²) in [5.41, 5.74) is 2.47. The van der Waals surface area contributed by atoms with Crippen LogP contribution in [-0.4, -0.2) is 92.0 Å². The van der Waals surface area contributed by atoms with Crippen LogP contribution in [0.15, 0.2) is 0 Å². The predicted octanol–water partition coefficient (Wildman–Crippen LogP) is -0.276. The lowest BCUT2D eigenvalue weighted by Gasteiger charge is -2.09. The highest BCUT2D eigenvalue weighted by Crippen LogP contribution is 2.08. The summed E-state index contributed by atoms with van der Waals surface area (Å²) in [6.45, 7) is 2.60. The van der Waals surface area contributed by atoms with E-state index >= 15 is 0 Å². The third-order valence-electron chi connectivity index (χ3n) is 5.92. The lowest BCUT2D eigenvalue weighted by molar-refractivity contribution is -0.449. The van der Waals surface area contributed by atoms with Crippen molar-refractivity contribution in [3.05, 3.63) is 0 Å². The minimum Gasteiger partial charge on any atom is -0.481 e. The number of unbranched alkanes of at least 4 members (excludes halogenated alkanes) is 6. The summed E-state index contributed by atoms with van der Waals surface area (Å²) in [7, 11) is 0. The Balaban J connectivity index is 3.44. The van der Waals surface area contributed by atoms with E-state index in [9.17, 15) is 24.0 Å². The van der Waals surface area contributed by atoms with Crippen molar-refractivity contribution in [1.29, 1.82) is 0 Å². The number of carbonyl (C=O) groups is 5. The van der Waals surface area contributed by atoms with Gasteiger partial charge in [0.1, 0.15) is 0 Å². The third-order valence-corrected chi connectivity index (χ3v) is 5.92. The Bertz CT molecular complexity index is 725. The van der Waals surface area contributed by atoms with E-state index in [-0.39, 0.29) is 37.0 Å². The van der Waals surface area contributed by atoms with E-state index < -0.39 is 18.0 Å². The number of aliphatic carboxylic acids is 2. The van der Waals surface area contributed by atoms with Gasteiger partial charge in [-0.15, -0.1) is 0 Å². The number of hydrogen-bond acceptors (Lipinski definition) is 8. The highest BCUT2D eigenvalue weighted by Gasteiger charge is 2.16. The first-order valence-corrected chi connectivity index (χ1v) is 14.2. The van der Waals surface area contributed by atoms with Crippen LogP contribution in [0.4, 0.5) is 0 Å². The van der Waals surface area contributed by atoms with Crippen molar-refractivity contribution < 1.29 is 49.5 Å². The summed E-state index contributed by atoms with van der Waals surface area (Å²) in [4.78, 5) is 56.7. The fourth-order valence-corrected chi connectivity index (χ4v) is 3.62. The molecule has 0 aliphatic carbocycles. The van der Waals surface area contributed by atoms with Crippen LogP contribution >= 0.6 is 0 Å². The second kappa shape index (κ2) is 26.4. The molecular weight excluding hydrogens is 526 g/mol. The van der Waals surface area contributed by atoms with Crippen LogP contribution in [0.5, 0.6) is 0 Å². The van der Waals surface area contributed by atoms with E-state index in [1.165, 1.54) is 0 Å². The average molecular weight is 577 g/mol. The molecule has 0 aromatic carbocycles. The Morgan fingerprint density at radius 3 is 1.55 bits per heavy atom. The predicted molar refractivity (Wildman–Crippen MR) is 146 cm³/mol. The maximum Gasteiger partial charge on any atom is 0.326 e. The van der Waals surface area contributed by atoms with Crippen molar-refractivity contribution in [2.75, 3.05) is 46.1 Å². The molecule has 0 spiro atoms. The highest BCUT2D eigenvalue weighted by atomic mass is 16.5. The van der Waals surface area contributed by atoms with Gasteiger partial charge in [0.2, 0.25) is 17.7 Å². The van der Waals surface area contributed by atoms with Gasteiger partial charge in [-0.25, -0.2) is 0 Å². The van der Waals surface area contributed by atoms with Crippen molar-refractivity contribution in [2.45, 2.75) is 89.5 Å². The van der Waals surface area contributed by atoms with E-state index in [0.29, 0.717) is 78.2 Å². The molecule has 0 aliphatic rings. The molecule has 1 atom stereocenters. The molecule has 9 N–H and O–H groups in total. The molecule has 40 heavy (non-hydrogen) atoms. The second-order valence-electron chi connectivity index (χ2n) is 9.38. The van der Waals surface area contributed by atoms with Gasteiger partial charge in [0.25, 0.3) is 0 Å².